The molecule has 0 aliphatic rings. The standard InChI is InChI=1S/C10H6BrClFN/c1-5-9(11)6-3-2-4-7(13)8(6)10(12)14-5/h2-4H,1H3. The Kier molecular flexibility index (Phi) is 2.45. The third-order valence-electron chi connectivity index (χ3n) is 2.04. The number of benzene rings is 1. The summed E-state index contributed by atoms with van der Waals surface area (Å²) in [5.74, 6) is -0.347. The van der Waals surface area contributed by atoms with Gasteiger partial charge in [-0.1, -0.05) is 23.7 Å². The summed E-state index contributed by atoms with van der Waals surface area (Å²) < 4.78 is 14.2. The maximum Gasteiger partial charge on any atom is 0.140 e. The molecule has 0 saturated carbocycles. The topological polar surface area (TPSA) is 12.9 Å². The zero-order valence-electron chi connectivity index (χ0n) is 7.31. The van der Waals surface area contributed by atoms with Gasteiger partial charge >= 0.3 is 0 Å². The van der Waals surface area contributed by atoms with Gasteiger partial charge in [0, 0.05) is 9.86 Å². The van der Waals surface area contributed by atoms with E-state index in [0.29, 0.717) is 5.39 Å². The van der Waals surface area contributed by atoms with Gasteiger partial charge < -0.3 is 0 Å². The Labute approximate surface area is 94.0 Å². The van der Waals surface area contributed by atoms with Crippen LogP contribution in [0, 0.1) is 12.7 Å². The zero-order chi connectivity index (χ0) is 10.3. The molecule has 0 N–H and O–H groups in total. The zero-order valence-corrected chi connectivity index (χ0v) is 9.66. The minimum Gasteiger partial charge on any atom is -0.239 e. The van der Waals surface area contributed by atoms with Crippen LogP contribution in [0.15, 0.2) is 22.7 Å². The van der Waals surface area contributed by atoms with Crippen molar-refractivity contribution in [3.63, 3.8) is 0 Å². The van der Waals surface area contributed by atoms with Gasteiger partial charge in [0.1, 0.15) is 11.0 Å². The van der Waals surface area contributed by atoms with Crippen LogP contribution in [0.2, 0.25) is 5.15 Å². The molecule has 14 heavy (non-hydrogen) atoms. The van der Waals surface area contributed by atoms with Crippen LogP contribution in [0.1, 0.15) is 5.69 Å². The Morgan fingerprint density at radius 2 is 2.14 bits per heavy atom. The number of aryl methyl sites for hydroxylation is 1. The average molecular weight is 275 g/mol. The number of hydrogen-bond acceptors (Lipinski definition) is 1. The SMILES string of the molecule is Cc1nc(Cl)c2c(F)cccc2c1Br. The predicted octanol–water partition coefficient (Wildman–Crippen LogP) is 4.10. The Morgan fingerprint density at radius 1 is 1.43 bits per heavy atom. The smallest absolute Gasteiger partial charge is 0.140 e. The van der Waals surface area contributed by atoms with E-state index < -0.39 is 0 Å². The fourth-order valence-electron chi connectivity index (χ4n) is 1.36. The molecule has 4 heteroatoms. The highest BCUT2D eigenvalue weighted by molar-refractivity contribution is 9.10. The van der Waals surface area contributed by atoms with Crippen molar-refractivity contribution in [3.05, 3.63) is 39.3 Å². The first-order chi connectivity index (χ1) is 6.61. The number of rotatable bonds is 0. The summed E-state index contributed by atoms with van der Waals surface area (Å²) >= 11 is 9.23. The second-order valence-electron chi connectivity index (χ2n) is 2.96. The molecule has 72 valence electrons. The van der Waals surface area contributed by atoms with Crippen LogP contribution in [0.4, 0.5) is 4.39 Å². The monoisotopic (exact) mass is 273 g/mol. The van der Waals surface area contributed by atoms with Crippen LogP contribution in [-0.2, 0) is 0 Å². The maximum atomic E-state index is 13.4. The molecular formula is C10H6BrClFN. The van der Waals surface area contributed by atoms with Crippen molar-refractivity contribution in [3.8, 4) is 0 Å². The molecule has 1 aromatic heterocycles. The van der Waals surface area contributed by atoms with Crippen molar-refractivity contribution in [2.24, 2.45) is 0 Å². The van der Waals surface area contributed by atoms with E-state index in [2.05, 4.69) is 20.9 Å². The van der Waals surface area contributed by atoms with Crippen LogP contribution in [0.25, 0.3) is 10.8 Å². The predicted molar refractivity (Wildman–Crippen MR) is 59.1 cm³/mol. The summed E-state index contributed by atoms with van der Waals surface area (Å²) in [6, 6.07) is 4.83. The van der Waals surface area contributed by atoms with Gasteiger partial charge in [0.15, 0.2) is 0 Å². The van der Waals surface area contributed by atoms with E-state index >= 15 is 0 Å². The Hall–Kier alpha value is -0.670. The van der Waals surface area contributed by atoms with E-state index in [-0.39, 0.29) is 11.0 Å². The van der Waals surface area contributed by atoms with Crippen molar-refractivity contribution >= 4 is 38.3 Å². The molecule has 2 aromatic rings. The highest BCUT2D eigenvalue weighted by Crippen LogP contribution is 2.32. The van der Waals surface area contributed by atoms with E-state index in [0.717, 1.165) is 15.6 Å². The van der Waals surface area contributed by atoms with Crippen LogP contribution in [0.3, 0.4) is 0 Å². The van der Waals surface area contributed by atoms with Crippen LogP contribution in [-0.4, -0.2) is 4.98 Å². The lowest BCUT2D eigenvalue weighted by Gasteiger charge is -2.06. The van der Waals surface area contributed by atoms with E-state index in [9.17, 15) is 4.39 Å². The summed E-state index contributed by atoms with van der Waals surface area (Å²) in [7, 11) is 0. The number of hydrogen-bond donors (Lipinski definition) is 0. The van der Waals surface area contributed by atoms with Crippen LogP contribution in [0.5, 0.6) is 0 Å². The van der Waals surface area contributed by atoms with Crippen molar-refractivity contribution < 1.29 is 4.39 Å². The summed E-state index contributed by atoms with van der Waals surface area (Å²) in [5.41, 5.74) is 0.758. The van der Waals surface area contributed by atoms with Gasteiger partial charge in [-0.05, 0) is 28.9 Å². The molecule has 0 radical (unpaired) electrons. The summed E-state index contributed by atoms with van der Waals surface area (Å²) in [6.45, 7) is 1.82. The highest BCUT2D eigenvalue weighted by Gasteiger charge is 2.11. The molecule has 0 fully saturated rings. The maximum absolute atomic E-state index is 13.4. The summed E-state index contributed by atoms with van der Waals surface area (Å²) in [6.07, 6.45) is 0. The molecular weight excluding hydrogens is 268 g/mol. The Bertz CT molecular complexity index is 513. The van der Waals surface area contributed by atoms with E-state index in [4.69, 9.17) is 11.6 Å². The van der Waals surface area contributed by atoms with Gasteiger partial charge in [-0.15, -0.1) is 0 Å². The van der Waals surface area contributed by atoms with Gasteiger partial charge in [-0.25, -0.2) is 9.37 Å². The van der Waals surface area contributed by atoms with E-state index in [1.807, 2.05) is 13.0 Å². The molecule has 0 unspecified atom stereocenters. The third kappa shape index (κ3) is 1.41. The van der Waals surface area contributed by atoms with Crippen molar-refractivity contribution in [1.29, 1.82) is 0 Å². The molecule has 0 amide bonds. The number of halogens is 3. The lowest BCUT2D eigenvalue weighted by Crippen LogP contribution is -1.90. The van der Waals surface area contributed by atoms with Gasteiger partial charge in [-0.3, -0.25) is 0 Å². The lowest BCUT2D eigenvalue weighted by atomic mass is 10.1. The molecule has 1 nitrogen and oxygen atoms in total. The van der Waals surface area contributed by atoms with Crippen molar-refractivity contribution in [2.75, 3.05) is 0 Å². The average Bonchev–Trinajstić information content (AvgIpc) is 2.14. The fraction of sp³-hybridized carbons (Fsp3) is 0.100. The third-order valence-corrected chi connectivity index (χ3v) is 3.31. The molecule has 0 aliphatic carbocycles. The van der Waals surface area contributed by atoms with E-state index in [1.165, 1.54) is 6.07 Å². The van der Waals surface area contributed by atoms with Gasteiger partial charge in [-0.2, -0.15) is 0 Å². The largest absolute Gasteiger partial charge is 0.239 e. The second kappa shape index (κ2) is 3.48. The first-order valence-corrected chi connectivity index (χ1v) is 5.18. The minimum atomic E-state index is -0.347. The van der Waals surface area contributed by atoms with Crippen molar-refractivity contribution in [2.45, 2.75) is 6.92 Å². The number of aromatic nitrogens is 1. The molecule has 0 bridgehead atoms. The fourth-order valence-corrected chi connectivity index (χ4v) is 2.10. The van der Waals surface area contributed by atoms with Gasteiger partial charge in [0.25, 0.3) is 0 Å². The van der Waals surface area contributed by atoms with Gasteiger partial charge in [0.05, 0.1) is 11.1 Å². The molecule has 0 spiro atoms. The Morgan fingerprint density at radius 3 is 2.86 bits per heavy atom. The number of pyridine rings is 1. The molecule has 0 atom stereocenters. The highest BCUT2D eigenvalue weighted by atomic mass is 79.9. The summed E-state index contributed by atoms with van der Waals surface area (Å²) in [4.78, 5) is 4.04. The molecule has 0 saturated heterocycles. The van der Waals surface area contributed by atoms with Gasteiger partial charge in [0.2, 0.25) is 0 Å². The quantitative estimate of drug-likeness (QED) is 0.659. The van der Waals surface area contributed by atoms with Crippen LogP contribution >= 0.6 is 27.5 Å². The van der Waals surface area contributed by atoms with E-state index in [1.54, 1.807) is 6.07 Å². The summed E-state index contributed by atoms with van der Waals surface area (Å²) in [5, 5.41) is 1.33. The molecule has 0 aliphatic heterocycles. The number of fused-ring (bicyclic) bond motifs is 1. The normalized spacial score (nSPS) is 10.9. The molecule has 1 aromatic carbocycles. The second-order valence-corrected chi connectivity index (χ2v) is 4.12. The molecule has 2 rings (SSSR count). The first kappa shape index (κ1) is 9.87. The van der Waals surface area contributed by atoms with Crippen LogP contribution < -0.4 is 0 Å². The van der Waals surface area contributed by atoms with Crippen molar-refractivity contribution in [1.82, 2.24) is 4.98 Å². The molecule has 1 heterocycles. The minimum absolute atomic E-state index is 0.207. The lowest BCUT2D eigenvalue weighted by molar-refractivity contribution is 0.639. The first-order valence-electron chi connectivity index (χ1n) is 4.01. The number of nitrogens with zero attached hydrogens (tertiary/aromatic N) is 1. The Balaban J connectivity index is 3.02.